The van der Waals surface area contributed by atoms with Crippen LogP contribution in [0.1, 0.15) is 16.1 Å². The van der Waals surface area contributed by atoms with E-state index in [4.69, 9.17) is 44.6 Å². The van der Waals surface area contributed by atoms with E-state index in [1.807, 2.05) is 0 Å². The van der Waals surface area contributed by atoms with Crippen molar-refractivity contribution in [3.8, 4) is 5.69 Å². The van der Waals surface area contributed by atoms with E-state index in [1.165, 1.54) is 30.1 Å². The van der Waals surface area contributed by atoms with E-state index in [9.17, 15) is 4.79 Å². The lowest BCUT2D eigenvalue weighted by Gasteiger charge is -2.11. The Morgan fingerprint density at radius 3 is 2.45 bits per heavy atom. The van der Waals surface area contributed by atoms with Gasteiger partial charge in [-0.25, -0.2) is 9.48 Å². The zero-order valence-corrected chi connectivity index (χ0v) is 12.5. The molecule has 0 radical (unpaired) electrons. The Bertz CT molecular complexity index is 647. The van der Waals surface area contributed by atoms with Crippen molar-refractivity contribution >= 4 is 40.8 Å². The van der Waals surface area contributed by atoms with E-state index in [2.05, 4.69) is 5.10 Å². The first-order chi connectivity index (χ1) is 9.45. The number of benzene rings is 1. The van der Waals surface area contributed by atoms with Gasteiger partial charge in [0.15, 0.2) is 0 Å². The average molecular weight is 336 g/mol. The van der Waals surface area contributed by atoms with Gasteiger partial charge in [-0.3, -0.25) is 0 Å². The van der Waals surface area contributed by atoms with Crippen LogP contribution in [0.25, 0.3) is 5.69 Å². The van der Waals surface area contributed by atoms with Crippen LogP contribution in [0.2, 0.25) is 15.1 Å². The number of ether oxygens (including phenoxy) is 1. The number of carboxylic acid groups (broad SMARTS) is 1. The smallest absolute Gasteiger partial charge is 0.339 e. The van der Waals surface area contributed by atoms with Crippen LogP contribution in [0.15, 0.2) is 18.3 Å². The van der Waals surface area contributed by atoms with Crippen LogP contribution in [-0.4, -0.2) is 28.0 Å². The zero-order valence-electron chi connectivity index (χ0n) is 10.2. The molecule has 1 heterocycles. The largest absolute Gasteiger partial charge is 0.478 e. The van der Waals surface area contributed by atoms with E-state index in [0.717, 1.165) is 0 Å². The molecule has 8 heteroatoms. The van der Waals surface area contributed by atoms with E-state index < -0.39 is 5.97 Å². The van der Waals surface area contributed by atoms with Crippen LogP contribution < -0.4 is 0 Å². The Morgan fingerprint density at radius 2 is 1.95 bits per heavy atom. The molecule has 20 heavy (non-hydrogen) atoms. The first-order valence-electron chi connectivity index (χ1n) is 5.39. The van der Waals surface area contributed by atoms with Crippen molar-refractivity contribution in [1.82, 2.24) is 9.78 Å². The summed E-state index contributed by atoms with van der Waals surface area (Å²) in [5.74, 6) is -1.11. The number of hydrogen-bond acceptors (Lipinski definition) is 3. The first kappa shape index (κ1) is 15.1. The Hall–Kier alpha value is -1.27. The third kappa shape index (κ3) is 2.76. The van der Waals surface area contributed by atoms with E-state index in [-0.39, 0.29) is 22.2 Å². The molecule has 0 bridgehead atoms. The Kier molecular flexibility index (Phi) is 4.55. The number of aromatic nitrogens is 2. The monoisotopic (exact) mass is 334 g/mol. The summed E-state index contributed by atoms with van der Waals surface area (Å²) in [6, 6.07) is 3.01. The molecule has 0 atom stereocenters. The normalized spacial score (nSPS) is 10.8. The molecule has 0 fully saturated rings. The van der Waals surface area contributed by atoms with Crippen molar-refractivity contribution in [2.45, 2.75) is 6.61 Å². The minimum absolute atomic E-state index is 0.0222. The Morgan fingerprint density at radius 1 is 1.35 bits per heavy atom. The minimum atomic E-state index is -1.11. The molecule has 0 aliphatic heterocycles. The standard InChI is InChI=1S/C12H9Cl3N2O3/c1-20-5-10-7(12(18)19)4-16-17(10)11-8(14)2-6(13)3-9(11)15/h2-4H,5H2,1H3,(H,18,19). The molecule has 0 aliphatic carbocycles. The summed E-state index contributed by atoms with van der Waals surface area (Å²) in [4.78, 5) is 11.2. The fourth-order valence-corrected chi connectivity index (χ4v) is 2.73. The molecule has 0 aliphatic rings. The molecule has 1 aromatic carbocycles. The number of carboxylic acids is 1. The first-order valence-corrected chi connectivity index (χ1v) is 6.53. The molecule has 2 aromatic rings. The average Bonchev–Trinajstić information content (AvgIpc) is 2.72. The molecular weight excluding hydrogens is 327 g/mol. The molecule has 2 rings (SSSR count). The summed E-state index contributed by atoms with van der Waals surface area (Å²) in [6.45, 7) is 0.0525. The SMILES string of the molecule is COCc1c(C(=O)O)cnn1-c1c(Cl)cc(Cl)cc1Cl. The van der Waals surface area contributed by atoms with Crippen molar-refractivity contribution in [1.29, 1.82) is 0 Å². The highest BCUT2D eigenvalue weighted by molar-refractivity contribution is 6.40. The van der Waals surface area contributed by atoms with Gasteiger partial charge in [0.25, 0.3) is 0 Å². The molecular formula is C12H9Cl3N2O3. The molecule has 0 saturated heterocycles. The number of halogens is 3. The van der Waals surface area contributed by atoms with Gasteiger partial charge in [0.05, 0.1) is 28.5 Å². The maximum atomic E-state index is 11.2. The van der Waals surface area contributed by atoms with Crippen LogP contribution in [0, 0.1) is 0 Å². The third-order valence-electron chi connectivity index (χ3n) is 2.57. The van der Waals surface area contributed by atoms with Crippen LogP contribution in [0.3, 0.4) is 0 Å². The summed E-state index contributed by atoms with van der Waals surface area (Å²) in [7, 11) is 1.45. The predicted molar refractivity (Wildman–Crippen MR) is 76.3 cm³/mol. The van der Waals surface area contributed by atoms with Crippen molar-refractivity contribution < 1.29 is 14.6 Å². The van der Waals surface area contributed by atoms with Crippen LogP contribution in [0.4, 0.5) is 0 Å². The van der Waals surface area contributed by atoms with Gasteiger partial charge in [-0.05, 0) is 12.1 Å². The molecule has 1 N–H and O–H groups in total. The van der Waals surface area contributed by atoms with Gasteiger partial charge in [-0.2, -0.15) is 5.10 Å². The summed E-state index contributed by atoms with van der Waals surface area (Å²) >= 11 is 18.1. The lowest BCUT2D eigenvalue weighted by Crippen LogP contribution is -2.08. The third-order valence-corrected chi connectivity index (χ3v) is 3.37. The van der Waals surface area contributed by atoms with Crippen molar-refractivity contribution in [2.75, 3.05) is 7.11 Å². The van der Waals surface area contributed by atoms with Gasteiger partial charge in [0, 0.05) is 12.1 Å². The van der Waals surface area contributed by atoms with E-state index in [1.54, 1.807) is 0 Å². The van der Waals surface area contributed by atoms with Gasteiger partial charge in [0.2, 0.25) is 0 Å². The van der Waals surface area contributed by atoms with Crippen molar-refractivity contribution in [3.63, 3.8) is 0 Å². The maximum Gasteiger partial charge on any atom is 0.339 e. The molecule has 0 saturated carbocycles. The van der Waals surface area contributed by atoms with Gasteiger partial charge in [0.1, 0.15) is 11.3 Å². The molecule has 5 nitrogen and oxygen atoms in total. The second kappa shape index (κ2) is 6.01. The van der Waals surface area contributed by atoms with Crippen LogP contribution in [0.5, 0.6) is 0 Å². The molecule has 1 aromatic heterocycles. The van der Waals surface area contributed by atoms with Gasteiger partial charge >= 0.3 is 5.97 Å². The number of carbonyl (C=O) groups is 1. The highest BCUT2D eigenvalue weighted by Gasteiger charge is 2.21. The molecule has 0 unspecified atom stereocenters. The highest BCUT2D eigenvalue weighted by atomic mass is 35.5. The fraction of sp³-hybridized carbons (Fsp3) is 0.167. The number of rotatable bonds is 4. The van der Waals surface area contributed by atoms with Gasteiger partial charge in [-0.1, -0.05) is 34.8 Å². The van der Waals surface area contributed by atoms with E-state index >= 15 is 0 Å². The van der Waals surface area contributed by atoms with E-state index in [0.29, 0.717) is 16.4 Å². The minimum Gasteiger partial charge on any atom is -0.478 e. The molecule has 0 spiro atoms. The lowest BCUT2D eigenvalue weighted by atomic mass is 10.2. The quantitative estimate of drug-likeness (QED) is 0.925. The predicted octanol–water partition coefficient (Wildman–Crippen LogP) is 3.68. The van der Waals surface area contributed by atoms with Crippen molar-refractivity contribution in [2.24, 2.45) is 0 Å². The van der Waals surface area contributed by atoms with Crippen molar-refractivity contribution in [3.05, 3.63) is 44.7 Å². The summed E-state index contributed by atoms with van der Waals surface area (Å²) in [6.07, 6.45) is 1.22. The number of nitrogens with zero attached hydrogens (tertiary/aromatic N) is 2. The maximum absolute atomic E-state index is 11.2. The Balaban J connectivity index is 2.67. The summed E-state index contributed by atoms with van der Waals surface area (Å²) < 4.78 is 6.35. The van der Waals surface area contributed by atoms with Gasteiger partial charge < -0.3 is 9.84 Å². The Labute approximate surface area is 129 Å². The fourth-order valence-electron chi connectivity index (χ4n) is 1.76. The zero-order chi connectivity index (χ0) is 14.9. The van der Waals surface area contributed by atoms with Crippen LogP contribution >= 0.6 is 34.8 Å². The number of hydrogen-bond donors (Lipinski definition) is 1. The summed E-state index contributed by atoms with van der Waals surface area (Å²) in [5.41, 5.74) is 0.720. The van der Waals surface area contributed by atoms with Gasteiger partial charge in [-0.15, -0.1) is 0 Å². The second-order valence-electron chi connectivity index (χ2n) is 3.87. The second-order valence-corrected chi connectivity index (χ2v) is 5.12. The van der Waals surface area contributed by atoms with Crippen LogP contribution in [-0.2, 0) is 11.3 Å². The number of aromatic carboxylic acids is 1. The lowest BCUT2D eigenvalue weighted by molar-refractivity contribution is 0.0691. The summed E-state index contributed by atoms with van der Waals surface area (Å²) in [5, 5.41) is 14.1. The number of methoxy groups -OCH3 is 1. The topological polar surface area (TPSA) is 64.3 Å². The molecule has 0 amide bonds. The highest BCUT2D eigenvalue weighted by Crippen LogP contribution is 2.33. The molecule has 106 valence electrons.